The van der Waals surface area contributed by atoms with Crippen molar-refractivity contribution in [3.63, 3.8) is 0 Å². The smallest absolute Gasteiger partial charge is 0.417 e. The predicted octanol–water partition coefficient (Wildman–Crippen LogP) is 4.85. The Kier molecular flexibility index (Phi) is 5.69. The van der Waals surface area contributed by atoms with E-state index in [9.17, 15) is 36.2 Å². The Balaban J connectivity index is 2.32. The summed E-state index contributed by atoms with van der Waals surface area (Å²) in [6, 6.07) is 5.20. The lowest BCUT2D eigenvalue weighted by molar-refractivity contribution is -0.138. The number of nitrogens with zero attached hydrogens (tertiary/aromatic N) is 1. The number of carbonyl (C=O) groups excluding carboxylic acids is 1. The number of phenolic OH excluding ortho intramolecular Hbond substituents is 1. The molecule has 0 aliphatic heterocycles. The SMILES string of the molecule is O=C(NN=Cc1c(C(F)(F)F)ccc(Cl)c1O)c1ccccc1C(F)(F)F. The lowest BCUT2D eigenvalue weighted by atomic mass is 10.1. The number of hydrogen-bond donors (Lipinski definition) is 2. The Bertz CT molecular complexity index is 893. The Hall–Kier alpha value is -2.75. The van der Waals surface area contributed by atoms with Gasteiger partial charge in [-0.15, -0.1) is 0 Å². The highest BCUT2D eigenvalue weighted by atomic mass is 35.5. The first kappa shape index (κ1) is 20.6. The molecule has 0 saturated heterocycles. The van der Waals surface area contributed by atoms with Crippen molar-refractivity contribution in [2.45, 2.75) is 12.4 Å². The molecule has 0 atom stereocenters. The maximum absolute atomic E-state index is 13.0. The van der Waals surface area contributed by atoms with E-state index in [1.165, 1.54) is 6.07 Å². The van der Waals surface area contributed by atoms with E-state index in [0.29, 0.717) is 18.3 Å². The topological polar surface area (TPSA) is 61.7 Å². The van der Waals surface area contributed by atoms with Crippen molar-refractivity contribution in [1.82, 2.24) is 5.43 Å². The number of aromatic hydroxyl groups is 1. The number of hydrazone groups is 1. The molecule has 0 aliphatic rings. The number of phenols is 1. The molecule has 1 amide bonds. The Labute approximate surface area is 153 Å². The minimum absolute atomic E-state index is 0.404. The monoisotopic (exact) mass is 410 g/mol. The van der Waals surface area contributed by atoms with Crippen molar-refractivity contribution in [2.24, 2.45) is 5.10 Å². The van der Waals surface area contributed by atoms with Gasteiger partial charge in [0.15, 0.2) is 0 Å². The molecule has 2 N–H and O–H groups in total. The molecule has 2 rings (SSSR count). The van der Waals surface area contributed by atoms with E-state index in [0.717, 1.165) is 18.2 Å². The van der Waals surface area contributed by atoms with Crippen molar-refractivity contribution < 1.29 is 36.2 Å². The van der Waals surface area contributed by atoms with Gasteiger partial charge in [-0.2, -0.15) is 31.4 Å². The number of benzene rings is 2. The van der Waals surface area contributed by atoms with Crippen LogP contribution in [0.2, 0.25) is 5.02 Å². The number of carbonyl (C=O) groups is 1. The van der Waals surface area contributed by atoms with E-state index in [2.05, 4.69) is 5.10 Å². The lowest BCUT2D eigenvalue weighted by Gasteiger charge is -2.12. The third-order valence-electron chi connectivity index (χ3n) is 3.31. The van der Waals surface area contributed by atoms with Gasteiger partial charge in [-0.3, -0.25) is 4.79 Å². The second kappa shape index (κ2) is 7.47. The molecule has 0 fully saturated rings. The first-order valence-corrected chi connectivity index (χ1v) is 7.39. The molecule has 0 heterocycles. The first-order valence-electron chi connectivity index (χ1n) is 7.01. The van der Waals surface area contributed by atoms with E-state index < -0.39 is 51.3 Å². The van der Waals surface area contributed by atoms with Gasteiger partial charge in [0.25, 0.3) is 5.91 Å². The largest absolute Gasteiger partial charge is 0.506 e. The Morgan fingerprint density at radius 2 is 1.59 bits per heavy atom. The van der Waals surface area contributed by atoms with Crippen LogP contribution >= 0.6 is 11.6 Å². The highest BCUT2D eigenvalue weighted by molar-refractivity contribution is 6.32. The summed E-state index contributed by atoms with van der Waals surface area (Å²) in [6.07, 6.45) is -9.24. The lowest BCUT2D eigenvalue weighted by Crippen LogP contribution is -2.22. The maximum atomic E-state index is 13.0. The van der Waals surface area contributed by atoms with Crippen LogP contribution in [0.5, 0.6) is 5.75 Å². The number of alkyl halides is 6. The van der Waals surface area contributed by atoms with E-state index in [-0.39, 0.29) is 0 Å². The van der Waals surface area contributed by atoms with Gasteiger partial charge >= 0.3 is 12.4 Å². The fourth-order valence-electron chi connectivity index (χ4n) is 2.10. The van der Waals surface area contributed by atoms with Crippen molar-refractivity contribution >= 4 is 23.7 Å². The van der Waals surface area contributed by atoms with E-state index in [1.807, 2.05) is 0 Å². The summed E-state index contributed by atoms with van der Waals surface area (Å²) in [6.45, 7) is 0. The summed E-state index contributed by atoms with van der Waals surface area (Å²) in [5, 5.41) is 12.5. The van der Waals surface area contributed by atoms with Gasteiger partial charge in [-0.1, -0.05) is 23.7 Å². The van der Waals surface area contributed by atoms with Crippen molar-refractivity contribution in [3.8, 4) is 5.75 Å². The van der Waals surface area contributed by atoms with Gasteiger partial charge in [0.2, 0.25) is 0 Å². The third-order valence-corrected chi connectivity index (χ3v) is 3.62. The van der Waals surface area contributed by atoms with E-state index >= 15 is 0 Å². The molecule has 0 bridgehead atoms. The maximum Gasteiger partial charge on any atom is 0.417 e. The average molecular weight is 411 g/mol. The van der Waals surface area contributed by atoms with Gasteiger partial charge in [-0.05, 0) is 24.3 Å². The van der Waals surface area contributed by atoms with Crippen LogP contribution in [-0.2, 0) is 12.4 Å². The molecule has 0 unspecified atom stereocenters. The van der Waals surface area contributed by atoms with Crippen LogP contribution in [0.25, 0.3) is 0 Å². The molecule has 4 nitrogen and oxygen atoms in total. The second-order valence-corrected chi connectivity index (χ2v) is 5.50. The minimum atomic E-state index is -4.86. The van der Waals surface area contributed by atoms with Crippen molar-refractivity contribution in [2.75, 3.05) is 0 Å². The summed E-state index contributed by atoms with van der Waals surface area (Å²) >= 11 is 5.55. The molecule has 0 radical (unpaired) electrons. The zero-order chi connectivity index (χ0) is 20.4. The molecular formula is C16H9ClF6N2O2. The molecule has 144 valence electrons. The number of rotatable bonds is 3. The summed E-state index contributed by atoms with van der Waals surface area (Å²) < 4.78 is 77.6. The van der Waals surface area contributed by atoms with Crippen molar-refractivity contribution in [3.05, 3.63) is 63.7 Å². The predicted molar refractivity (Wildman–Crippen MR) is 84.6 cm³/mol. The highest BCUT2D eigenvalue weighted by Crippen LogP contribution is 2.38. The number of halogens is 7. The molecule has 0 saturated carbocycles. The van der Waals surface area contributed by atoms with Crippen LogP contribution < -0.4 is 5.43 Å². The van der Waals surface area contributed by atoms with E-state index in [1.54, 1.807) is 5.43 Å². The number of hydrogen-bond acceptors (Lipinski definition) is 3. The summed E-state index contributed by atoms with van der Waals surface area (Å²) in [5.74, 6) is -2.24. The van der Waals surface area contributed by atoms with Crippen LogP contribution in [0.4, 0.5) is 26.3 Å². The molecule has 2 aromatic carbocycles. The normalized spacial score (nSPS) is 12.4. The van der Waals surface area contributed by atoms with Crippen LogP contribution in [0.15, 0.2) is 41.5 Å². The second-order valence-electron chi connectivity index (χ2n) is 5.10. The summed E-state index contributed by atoms with van der Waals surface area (Å²) in [7, 11) is 0. The van der Waals surface area contributed by atoms with Gasteiger partial charge in [0.1, 0.15) is 5.75 Å². The fourth-order valence-corrected chi connectivity index (χ4v) is 2.27. The quantitative estimate of drug-likeness (QED) is 0.432. The van der Waals surface area contributed by atoms with E-state index in [4.69, 9.17) is 11.6 Å². The molecule has 0 aliphatic carbocycles. The van der Waals surface area contributed by atoms with Gasteiger partial charge < -0.3 is 5.11 Å². The fraction of sp³-hybridized carbons (Fsp3) is 0.125. The minimum Gasteiger partial charge on any atom is -0.506 e. The molecular weight excluding hydrogens is 402 g/mol. The average Bonchev–Trinajstić information content (AvgIpc) is 2.56. The molecule has 0 spiro atoms. The highest BCUT2D eigenvalue weighted by Gasteiger charge is 2.36. The number of nitrogens with one attached hydrogen (secondary N) is 1. The van der Waals surface area contributed by atoms with Crippen LogP contribution in [-0.4, -0.2) is 17.2 Å². The van der Waals surface area contributed by atoms with Crippen molar-refractivity contribution in [1.29, 1.82) is 0 Å². The Morgan fingerprint density at radius 1 is 1.00 bits per heavy atom. The zero-order valence-corrected chi connectivity index (χ0v) is 13.7. The zero-order valence-electron chi connectivity index (χ0n) is 13.0. The van der Waals surface area contributed by atoms with Gasteiger partial charge in [0, 0.05) is 0 Å². The molecule has 11 heteroatoms. The van der Waals surface area contributed by atoms with Crippen LogP contribution in [0.3, 0.4) is 0 Å². The summed E-state index contributed by atoms with van der Waals surface area (Å²) in [5.41, 5.74) is -2.45. The first-order chi connectivity index (χ1) is 12.4. The van der Waals surface area contributed by atoms with Gasteiger partial charge in [0.05, 0.1) is 33.5 Å². The molecule has 27 heavy (non-hydrogen) atoms. The van der Waals surface area contributed by atoms with Crippen LogP contribution in [0, 0.1) is 0 Å². The summed E-state index contributed by atoms with van der Waals surface area (Å²) in [4.78, 5) is 11.9. The Morgan fingerprint density at radius 3 is 2.19 bits per heavy atom. The molecule has 0 aromatic heterocycles. The molecule has 2 aromatic rings. The number of amides is 1. The third kappa shape index (κ3) is 4.70. The standard InChI is InChI=1S/C16H9ClF6N2O2/c17-12-6-5-11(16(21,22)23)9(13(12)26)7-24-25-14(27)8-3-1-2-4-10(8)15(18,19)20/h1-7,26H,(H,25,27). The van der Waals surface area contributed by atoms with Gasteiger partial charge in [-0.25, -0.2) is 5.43 Å². The van der Waals surface area contributed by atoms with Crippen LogP contribution in [0.1, 0.15) is 27.0 Å².